The zero-order chi connectivity index (χ0) is 17.9. The Bertz CT molecular complexity index is 798. The molecule has 1 aromatic carbocycles. The maximum absolute atomic E-state index is 12.6. The number of rotatable bonds is 5. The first-order valence-corrected chi connectivity index (χ1v) is 10.3. The van der Waals surface area contributed by atoms with Crippen LogP contribution in [0.25, 0.3) is 0 Å². The molecule has 0 saturated carbocycles. The molecule has 8 heteroatoms. The molecule has 1 atom stereocenters. The van der Waals surface area contributed by atoms with Gasteiger partial charge in [-0.1, -0.05) is 36.4 Å². The van der Waals surface area contributed by atoms with E-state index in [4.69, 9.17) is 4.74 Å². The van der Waals surface area contributed by atoms with Crippen LogP contribution in [0.5, 0.6) is 0 Å². The summed E-state index contributed by atoms with van der Waals surface area (Å²) in [5.41, 5.74) is 0.851. The van der Waals surface area contributed by atoms with E-state index in [9.17, 15) is 13.2 Å². The first-order chi connectivity index (χ1) is 12.0. The van der Waals surface area contributed by atoms with E-state index in [-0.39, 0.29) is 5.97 Å². The Kier molecular flexibility index (Phi) is 5.53. The van der Waals surface area contributed by atoms with Crippen LogP contribution < -0.4 is 0 Å². The van der Waals surface area contributed by atoms with Crippen molar-refractivity contribution in [2.75, 3.05) is 33.3 Å². The second-order valence-corrected chi connectivity index (χ2v) is 8.82. The largest absolute Gasteiger partial charge is 0.468 e. The van der Waals surface area contributed by atoms with E-state index >= 15 is 0 Å². The van der Waals surface area contributed by atoms with Gasteiger partial charge in [0.05, 0.1) is 7.11 Å². The molecule has 0 unspecified atom stereocenters. The predicted octanol–water partition coefficient (Wildman–Crippen LogP) is 1.97. The minimum Gasteiger partial charge on any atom is -0.468 e. The molecule has 0 N–H and O–H groups in total. The second-order valence-electron chi connectivity index (χ2n) is 5.71. The number of piperazine rings is 1. The molecule has 0 amide bonds. The van der Waals surface area contributed by atoms with Crippen LogP contribution in [0.1, 0.15) is 11.6 Å². The molecule has 1 aromatic heterocycles. The Morgan fingerprint density at radius 1 is 1.08 bits per heavy atom. The molecule has 25 heavy (non-hydrogen) atoms. The van der Waals surface area contributed by atoms with E-state index in [1.54, 1.807) is 17.5 Å². The van der Waals surface area contributed by atoms with Crippen LogP contribution in [0, 0.1) is 0 Å². The van der Waals surface area contributed by atoms with E-state index in [1.165, 1.54) is 22.8 Å². The molecule has 0 aliphatic carbocycles. The third-order valence-electron chi connectivity index (χ3n) is 4.27. The van der Waals surface area contributed by atoms with Crippen LogP contribution in [0.3, 0.4) is 0 Å². The molecule has 2 heterocycles. The van der Waals surface area contributed by atoms with E-state index in [0.29, 0.717) is 30.4 Å². The number of esters is 1. The lowest BCUT2D eigenvalue weighted by Gasteiger charge is -2.37. The molecule has 1 aliphatic rings. The number of hydrogen-bond acceptors (Lipinski definition) is 6. The normalized spacial score (nSPS) is 18.0. The summed E-state index contributed by atoms with van der Waals surface area (Å²) >= 11 is 1.22. The van der Waals surface area contributed by atoms with Gasteiger partial charge >= 0.3 is 5.97 Å². The lowest BCUT2D eigenvalue weighted by atomic mass is 10.0. The van der Waals surface area contributed by atoms with Gasteiger partial charge in [0, 0.05) is 26.2 Å². The van der Waals surface area contributed by atoms with Gasteiger partial charge in [-0.2, -0.15) is 4.31 Å². The highest BCUT2D eigenvalue weighted by molar-refractivity contribution is 7.91. The zero-order valence-electron chi connectivity index (χ0n) is 13.9. The molecule has 2 aromatic rings. The fourth-order valence-electron chi connectivity index (χ4n) is 2.98. The monoisotopic (exact) mass is 380 g/mol. The van der Waals surface area contributed by atoms with Crippen molar-refractivity contribution in [3.05, 3.63) is 53.4 Å². The van der Waals surface area contributed by atoms with Crippen molar-refractivity contribution in [1.29, 1.82) is 0 Å². The topological polar surface area (TPSA) is 66.9 Å². The molecular formula is C17H20N2O4S2. The van der Waals surface area contributed by atoms with Crippen LogP contribution in [0.4, 0.5) is 0 Å². The van der Waals surface area contributed by atoms with Crippen molar-refractivity contribution in [1.82, 2.24) is 9.21 Å². The number of methoxy groups -OCH3 is 1. The quantitative estimate of drug-likeness (QED) is 0.742. The molecule has 6 nitrogen and oxygen atoms in total. The first kappa shape index (κ1) is 18.1. The Morgan fingerprint density at radius 3 is 2.32 bits per heavy atom. The van der Waals surface area contributed by atoms with Gasteiger partial charge in [0.2, 0.25) is 0 Å². The minimum atomic E-state index is -3.45. The summed E-state index contributed by atoms with van der Waals surface area (Å²) in [7, 11) is -2.08. The van der Waals surface area contributed by atoms with Crippen molar-refractivity contribution >= 4 is 27.3 Å². The van der Waals surface area contributed by atoms with Gasteiger partial charge in [-0.3, -0.25) is 4.90 Å². The van der Waals surface area contributed by atoms with Gasteiger partial charge in [0.1, 0.15) is 10.3 Å². The van der Waals surface area contributed by atoms with Gasteiger partial charge in [-0.05, 0) is 17.0 Å². The van der Waals surface area contributed by atoms with Crippen LogP contribution >= 0.6 is 11.3 Å². The maximum Gasteiger partial charge on any atom is 0.327 e. The third kappa shape index (κ3) is 3.77. The van der Waals surface area contributed by atoms with Gasteiger partial charge in [-0.25, -0.2) is 13.2 Å². The number of hydrogen-bond donors (Lipinski definition) is 0. The average Bonchev–Trinajstić information content (AvgIpc) is 3.19. The summed E-state index contributed by atoms with van der Waals surface area (Å²) in [6, 6.07) is 12.3. The van der Waals surface area contributed by atoms with Gasteiger partial charge < -0.3 is 4.74 Å². The van der Waals surface area contributed by atoms with Crippen molar-refractivity contribution in [2.45, 2.75) is 10.3 Å². The third-order valence-corrected chi connectivity index (χ3v) is 7.54. The Balaban J connectivity index is 1.75. The van der Waals surface area contributed by atoms with Crippen LogP contribution in [0.2, 0.25) is 0 Å². The van der Waals surface area contributed by atoms with Crippen LogP contribution in [-0.2, 0) is 19.6 Å². The highest BCUT2D eigenvalue weighted by atomic mass is 32.2. The summed E-state index contributed by atoms with van der Waals surface area (Å²) in [6.45, 7) is 1.64. The van der Waals surface area contributed by atoms with Crippen molar-refractivity contribution in [3.8, 4) is 0 Å². The molecule has 134 valence electrons. The van der Waals surface area contributed by atoms with Crippen molar-refractivity contribution in [2.24, 2.45) is 0 Å². The number of carbonyl (C=O) groups is 1. The number of thiophene rings is 1. The molecule has 1 saturated heterocycles. The van der Waals surface area contributed by atoms with Crippen molar-refractivity contribution < 1.29 is 17.9 Å². The Labute approximate surface area is 151 Å². The highest BCUT2D eigenvalue weighted by Gasteiger charge is 2.35. The fourth-order valence-corrected chi connectivity index (χ4v) is 5.55. The molecule has 0 bridgehead atoms. The van der Waals surface area contributed by atoms with Crippen molar-refractivity contribution in [3.63, 3.8) is 0 Å². The zero-order valence-corrected chi connectivity index (χ0v) is 15.5. The highest BCUT2D eigenvalue weighted by Crippen LogP contribution is 2.26. The van der Waals surface area contributed by atoms with Crippen LogP contribution in [-0.4, -0.2) is 56.9 Å². The summed E-state index contributed by atoms with van der Waals surface area (Å²) in [6.07, 6.45) is 0. The Hall–Kier alpha value is -1.74. The maximum atomic E-state index is 12.6. The average molecular weight is 380 g/mol. The first-order valence-electron chi connectivity index (χ1n) is 7.94. The lowest BCUT2D eigenvalue weighted by Crippen LogP contribution is -2.50. The van der Waals surface area contributed by atoms with Gasteiger partial charge in [0.15, 0.2) is 0 Å². The molecule has 0 spiro atoms. The lowest BCUT2D eigenvalue weighted by molar-refractivity contribution is -0.147. The van der Waals surface area contributed by atoms with E-state index in [1.807, 2.05) is 35.2 Å². The summed E-state index contributed by atoms with van der Waals surface area (Å²) in [5, 5.41) is 1.76. The molecule has 3 rings (SSSR count). The molecular weight excluding hydrogens is 360 g/mol. The number of sulfonamides is 1. The fraction of sp³-hybridized carbons (Fsp3) is 0.353. The molecule has 1 aliphatic heterocycles. The van der Waals surface area contributed by atoms with E-state index in [2.05, 4.69) is 0 Å². The summed E-state index contributed by atoms with van der Waals surface area (Å²) in [4.78, 5) is 14.3. The second kappa shape index (κ2) is 7.65. The number of ether oxygens (including phenoxy) is 1. The minimum absolute atomic E-state index is 0.333. The van der Waals surface area contributed by atoms with E-state index < -0.39 is 16.1 Å². The van der Waals surface area contributed by atoms with E-state index in [0.717, 1.165) is 5.56 Å². The SMILES string of the molecule is COC(=O)[C@H](c1ccccc1)N1CCN(S(=O)(=O)c2cccs2)CC1. The number of nitrogens with zero attached hydrogens (tertiary/aromatic N) is 2. The van der Waals surface area contributed by atoms with Gasteiger partial charge in [-0.15, -0.1) is 11.3 Å². The predicted molar refractivity (Wildman–Crippen MR) is 95.8 cm³/mol. The molecule has 1 fully saturated rings. The summed E-state index contributed by atoms with van der Waals surface area (Å²) < 4.78 is 32.0. The molecule has 0 radical (unpaired) electrons. The summed E-state index contributed by atoms with van der Waals surface area (Å²) in [5.74, 6) is -0.333. The number of carbonyl (C=O) groups excluding carboxylic acids is 1. The number of benzene rings is 1. The van der Waals surface area contributed by atoms with Gasteiger partial charge in [0.25, 0.3) is 10.0 Å². The smallest absolute Gasteiger partial charge is 0.327 e. The standard InChI is InChI=1S/C17H20N2O4S2/c1-23-17(20)16(14-6-3-2-4-7-14)18-9-11-19(12-10-18)25(21,22)15-8-5-13-24-15/h2-8,13,16H,9-12H2,1H3/t16-/m0/s1. The van der Waals surface area contributed by atoms with Crippen LogP contribution in [0.15, 0.2) is 52.1 Å². The Morgan fingerprint density at radius 2 is 1.76 bits per heavy atom.